The molecule has 1 N–H and O–H groups in total. The van der Waals surface area contributed by atoms with Crippen molar-refractivity contribution >= 4 is 28.6 Å². The summed E-state index contributed by atoms with van der Waals surface area (Å²) in [6.45, 7) is 1.40. The van der Waals surface area contributed by atoms with Crippen LogP contribution in [-0.4, -0.2) is 24.7 Å². The Labute approximate surface area is 172 Å². The van der Waals surface area contributed by atoms with Gasteiger partial charge in [-0.25, -0.2) is 22.4 Å². The number of carbonyl (C=O) groups excluding carboxylic acids is 1. The van der Waals surface area contributed by atoms with Crippen LogP contribution in [0.4, 0.5) is 17.6 Å². The lowest BCUT2D eigenvalue weighted by molar-refractivity contribution is 0.0520. The molecule has 0 aliphatic carbocycles. The van der Waals surface area contributed by atoms with Crippen molar-refractivity contribution in [2.75, 3.05) is 13.7 Å². The van der Waals surface area contributed by atoms with Gasteiger partial charge in [0.2, 0.25) is 5.43 Å². The third-order valence-corrected chi connectivity index (χ3v) is 5.28. The minimum atomic E-state index is -2.14. The number of hydrogen-bond donors (Lipinski definition) is 1. The second kappa shape index (κ2) is 8.78. The summed E-state index contributed by atoms with van der Waals surface area (Å²) in [5.41, 5.74) is -2.03. The lowest BCUT2D eigenvalue weighted by Crippen LogP contribution is -2.22. The van der Waals surface area contributed by atoms with Crippen LogP contribution in [-0.2, 0) is 10.5 Å². The van der Waals surface area contributed by atoms with E-state index in [2.05, 4.69) is 4.98 Å². The monoisotopic (exact) mass is 441 g/mol. The molecule has 1 aromatic heterocycles. The van der Waals surface area contributed by atoms with Gasteiger partial charge in [-0.2, -0.15) is 0 Å². The normalized spacial score (nSPS) is 11.0. The molecule has 3 rings (SSSR count). The van der Waals surface area contributed by atoms with E-state index in [1.54, 1.807) is 24.3 Å². The molecule has 0 aliphatic rings. The molecule has 0 bridgehead atoms. The van der Waals surface area contributed by atoms with Gasteiger partial charge in [-0.05, 0) is 24.6 Å². The highest BCUT2D eigenvalue weighted by Crippen LogP contribution is 2.30. The fraction of sp³-hybridized carbons (Fsp3) is 0.200. The number of H-pyrrole nitrogens is 1. The highest BCUT2D eigenvalue weighted by Gasteiger charge is 2.28. The molecule has 0 unspecified atom stereocenters. The Balaban J connectivity index is 2.16. The van der Waals surface area contributed by atoms with E-state index in [-0.39, 0.29) is 17.4 Å². The summed E-state index contributed by atoms with van der Waals surface area (Å²) in [6.07, 6.45) is 0. The molecular weight excluding hydrogens is 426 g/mol. The first-order valence-corrected chi connectivity index (χ1v) is 9.63. The molecule has 2 aromatic carbocycles. The van der Waals surface area contributed by atoms with E-state index in [0.717, 1.165) is 17.3 Å². The van der Waals surface area contributed by atoms with E-state index in [1.807, 2.05) is 0 Å². The Morgan fingerprint density at radius 3 is 2.27 bits per heavy atom. The van der Waals surface area contributed by atoms with Crippen LogP contribution < -0.4 is 10.2 Å². The molecule has 0 saturated heterocycles. The number of benzene rings is 2. The van der Waals surface area contributed by atoms with Crippen LogP contribution >= 0.6 is 11.8 Å². The van der Waals surface area contributed by atoms with Crippen LogP contribution in [0.25, 0.3) is 10.9 Å². The van der Waals surface area contributed by atoms with Gasteiger partial charge in [-0.1, -0.05) is 12.1 Å². The Bertz CT molecular complexity index is 1180. The molecule has 30 heavy (non-hydrogen) atoms. The van der Waals surface area contributed by atoms with Gasteiger partial charge in [0.15, 0.2) is 23.3 Å². The molecular formula is C20H15F4NO4S. The molecule has 1 heterocycles. The van der Waals surface area contributed by atoms with Gasteiger partial charge in [0.1, 0.15) is 11.3 Å². The van der Waals surface area contributed by atoms with Crippen LogP contribution in [0.1, 0.15) is 22.8 Å². The number of halogens is 4. The molecule has 5 nitrogen and oxygen atoms in total. The second-order valence-electron chi connectivity index (χ2n) is 6.02. The summed E-state index contributed by atoms with van der Waals surface area (Å²) >= 11 is 0.919. The van der Waals surface area contributed by atoms with Gasteiger partial charge in [0, 0.05) is 5.75 Å². The summed E-state index contributed by atoms with van der Waals surface area (Å²) < 4.78 is 65.6. The number of ether oxygens (including phenoxy) is 2. The molecule has 0 fully saturated rings. The van der Waals surface area contributed by atoms with E-state index >= 15 is 0 Å². The molecule has 0 atom stereocenters. The smallest absolute Gasteiger partial charge is 0.344 e. The predicted octanol–water partition coefficient (Wildman–Crippen LogP) is 4.56. The zero-order valence-corrected chi connectivity index (χ0v) is 16.6. The van der Waals surface area contributed by atoms with E-state index < -0.39 is 51.1 Å². The lowest BCUT2D eigenvalue weighted by Gasteiger charge is -2.12. The maximum absolute atomic E-state index is 14.2. The zero-order valence-electron chi connectivity index (χ0n) is 15.8. The topological polar surface area (TPSA) is 68.4 Å². The summed E-state index contributed by atoms with van der Waals surface area (Å²) in [6, 6.07) is 6.84. The number of pyridine rings is 1. The van der Waals surface area contributed by atoms with Crippen LogP contribution in [0, 0.1) is 23.3 Å². The van der Waals surface area contributed by atoms with Gasteiger partial charge in [0.05, 0.1) is 29.6 Å². The van der Waals surface area contributed by atoms with Crippen LogP contribution in [0.15, 0.2) is 34.1 Å². The highest BCUT2D eigenvalue weighted by molar-refractivity contribution is 7.98. The van der Waals surface area contributed by atoms with Gasteiger partial charge < -0.3 is 14.5 Å². The predicted molar refractivity (Wildman–Crippen MR) is 103 cm³/mol. The van der Waals surface area contributed by atoms with E-state index in [9.17, 15) is 27.2 Å². The summed E-state index contributed by atoms with van der Waals surface area (Å²) in [7, 11) is 1.50. The van der Waals surface area contributed by atoms with E-state index in [4.69, 9.17) is 9.47 Å². The van der Waals surface area contributed by atoms with Crippen molar-refractivity contribution in [1.82, 2.24) is 4.98 Å². The zero-order chi connectivity index (χ0) is 22.0. The summed E-state index contributed by atoms with van der Waals surface area (Å²) in [5, 5.41) is -1.26. The fourth-order valence-electron chi connectivity index (χ4n) is 2.74. The number of rotatable bonds is 6. The molecule has 3 aromatic rings. The average Bonchev–Trinajstić information content (AvgIpc) is 2.74. The highest BCUT2D eigenvalue weighted by atomic mass is 32.2. The third-order valence-electron chi connectivity index (χ3n) is 4.21. The van der Waals surface area contributed by atoms with Gasteiger partial charge in [0.25, 0.3) is 0 Å². The molecule has 0 saturated carbocycles. The fourth-order valence-corrected chi connectivity index (χ4v) is 3.74. The number of esters is 1. The molecule has 0 radical (unpaired) electrons. The number of aromatic nitrogens is 1. The number of methoxy groups -OCH3 is 1. The maximum Gasteiger partial charge on any atom is 0.344 e. The van der Waals surface area contributed by atoms with Crippen molar-refractivity contribution in [3.8, 4) is 5.75 Å². The lowest BCUT2D eigenvalue weighted by atomic mass is 10.1. The van der Waals surface area contributed by atoms with Crippen molar-refractivity contribution in [1.29, 1.82) is 0 Å². The first kappa shape index (κ1) is 21.7. The minimum Gasteiger partial charge on any atom is -0.497 e. The number of thioether (sulfide) groups is 1. The molecule has 0 amide bonds. The maximum atomic E-state index is 14.2. The number of hydrogen-bond acceptors (Lipinski definition) is 5. The van der Waals surface area contributed by atoms with Crippen molar-refractivity contribution in [3.63, 3.8) is 0 Å². The van der Waals surface area contributed by atoms with Crippen molar-refractivity contribution in [2.24, 2.45) is 0 Å². The van der Waals surface area contributed by atoms with Crippen LogP contribution in [0.3, 0.4) is 0 Å². The number of nitrogens with one attached hydrogen (secondary N) is 1. The first-order valence-electron chi connectivity index (χ1n) is 8.64. The first-order chi connectivity index (χ1) is 14.3. The standard InChI is InChI=1S/C20H15F4NO4S/c1-3-29-20(27)12-18(26)11-13(21)14(22)15(23)16(24)17(11)25-19(12)30-8-9-4-6-10(28-2)7-5-9/h4-7H,3,8H2,1-2H3,(H,25,26). The van der Waals surface area contributed by atoms with Gasteiger partial charge >= 0.3 is 5.97 Å². The summed E-state index contributed by atoms with van der Waals surface area (Å²) in [5.74, 6) is -8.12. The van der Waals surface area contributed by atoms with Gasteiger partial charge in [-0.15, -0.1) is 11.8 Å². The third kappa shape index (κ3) is 3.87. The minimum absolute atomic E-state index is 0.0898. The largest absolute Gasteiger partial charge is 0.497 e. The summed E-state index contributed by atoms with van der Waals surface area (Å²) in [4.78, 5) is 27.4. The SMILES string of the molecule is CCOC(=O)c1c(SCc2ccc(OC)cc2)[nH]c2c(F)c(F)c(F)c(F)c2c1=O. The quantitative estimate of drug-likeness (QED) is 0.200. The van der Waals surface area contributed by atoms with E-state index in [0.29, 0.717) is 5.75 Å². The average molecular weight is 441 g/mol. The van der Waals surface area contributed by atoms with Crippen molar-refractivity contribution in [2.45, 2.75) is 17.7 Å². The molecule has 158 valence electrons. The van der Waals surface area contributed by atoms with E-state index in [1.165, 1.54) is 14.0 Å². The Hall–Kier alpha value is -3.01. The molecule has 0 spiro atoms. The van der Waals surface area contributed by atoms with Crippen LogP contribution in [0.5, 0.6) is 5.75 Å². The Morgan fingerprint density at radius 1 is 1.03 bits per heavy atom. The second-order valence-corrected chi connectivity index (χ2v) is 7.01. The Kier molecular flexibility index (Phi) is 6.35. The molecule has 0 aliphatic heterocycles. The Morgan fingerprint density at radius 2 is 1.67 bits per heavy atom. The van der Waals surface area contributed by atoms with Crippen molar-refractivity contribution < 1.29 is 31.8 Å². The molecule has 10 heteroatoms. The number of aromatic amines is 1. The number of fused-ring (bicyclic) bond motifs is 1. The van der Waals surface area contributed by atoms with Crippen molar-refractivity contribution in [3.05, 3.63) is 68.9 Å². The van der Waals surface area contributed by atoms with Crippen LogP contribution in [0.2, 0.25) is 0 Å². The van der Waals surface area contributed by atoms with Gasteiger partial charge in [-0.3, -0.25) is 4.79 Å². The number of carbonyl (C=O) groups is 1.